The summed E-state index contributed by atoms with van der Waals surface area (Å²) in [6.07, 6.45) is 2.20. The molecule has 1 aromatic heterocycles. The van der Waals surface area contributed by atoms with Gasteiger partial charge in [0.2, 0.25) is 0 Å². The van der Waals surface area contributed by atoms with Crippen LogP contribution in [0.25, 0.3) is 0 Å². The molecule has 1 aliphatic heterocycles. The zero-order valence-corrected chi connectivity index (χ0v) is 17.7. The lowest BCUT2D eigenvalue weighted by Gasteiger charge is -2.29. The molecule has 0 saturated carbocycles. The van der Waals surface area contributed by atoms with Crippen LogP contribution in [0, 0.1) is 11.6 Å². The molecular weight excluding hydrogens is 440 g/mol. The van der Waals surface area contributed by atoms with Crippen molar-refractivity contribution in [1.29, 1.82) is 0 Å². The minimum absolute atomic E-state index is 0.115. The van der Waals surface area contributed by atoms with Crippen LogP contribution in [0.4, 0.5) is 13.6 Å². The highest BCUT2D eigenvalue weighted by molar-refractivity contribution is 6.31. The number of amides is 2. The lowest BCUT2D eigenvalue weighted by atomic mass is 9.94. The number of hydrogen-bond acceptors (Lipinski definition) is 3. The molecule has 2 N–H and O–H groups in total. The molecule has 2 amide bonds. The van der Waals surface area contributed by atoms with Crippen LogP contribution >= 0.6 is 11.6 Å². The molecule has 0 spiro atoms. The maximum absolute atomic E-state index is 13.8. The Bertz CT molecular complexity index is 1250. The number of urea groups is 1. The maximum atomic E-state index is 13.8. The van der Waals surface area contributed by atoms with Crippen molar-refractivity contribution in [3.8, 4) is 5.75 Å². The van der Waals surface area contributed by atoms with E-state index in [1.165, 1.54) is 16.7 Å². The van der Waals surface area contributed by atoms with E-state index in [9.17, 15) is 18.4 Å². The van der Waals surface area contributed by atoms with Gasteiger partial charge in [0.25, 0.3) is 5.56 Å². The molecule has 4 rings (SSSR count). The van der Waals surface area contributed by atoms with Gasteiger partial charge in [-0.2, -0.15) is 0 Å². The second-order valence-corrected chi connectivity index (χ2v) is 7.89. The summed E-state index contributed by atoms with van der Waals surface area (Å²) in [5, 5.41) is -0.125. The molecule has 9 heteroatoms. The molecule has 0 aliphatic carbocycles. The Balaban J connectivity index is 1.53. The fourth-order valence-corrected chi connectivity index (χ4v) is 3.99. The van der Waals surface area contributed by atoms with Crippen LogP contribution in [0.15, 0.2) is 53.5 Å². The van der Waals surface area contributed by atoms with Gasteiger partial charge in [0.1, 0.15) is 29.0 Å². The summed E-state index contributed by atoms with van der Waals surface area (Å²) in [5.41, 5.74) is 8.12. The Morgan fingerprint density at radius 1 is 1.16 bits per heavy atom. The third-order valence-electron chi connectivity index (χ3n) is 5.48. The average molecular weight is 460 g/mol. The van der Waals surface area contributed by atoms with Gasteiger partial charge in [-0.1, -0.05) is 29.8 Å². The SMILES string of the molecule is NC(=O)N1CCc2c(cccc2Cn2ccc(OCc3ccc(F)cc3F)c(Cl)c2=O)C1. The molecule has 0 bridgehead atoms. The molecule has 3 aromatic rings. The van der Waals surface area contributed by atoms with Gasteiger partial charge in [-0.25, -0.2) is 13.6 Å². The van der Waals surface area contributed by atoms with Gasteiger partial charge in [-0.05, 0) is 41.3 Å². The van der Waals surface area contributed by atoms with Gasteiger partial charge in [-0.3, -0.25) is 4.79 Å². The highest BCUT2D eigenvalue weighted by Gasteiger charge is 2.21. The number of carbonyl (C=O) groups excluding carboxylic acids is 1. The quantitative estimate of drug-likeness (QED) is 0.629. The number of halogens is 3. The first-order chi connectivity index (χ1) is 15.3. The molecule has 0 radical (unpaired) electrons. The van der Waals surface area contributed by atoms with Crippen molar-refractivity contribution in [2.24, 2.45) is 5.73 Å². The topological polar surface area (TPSA) is 77.6 Å². The summed E-state index contributed by atoms with van der Waals surface area (Å²) in [7, 11) is 0. The summed E-state index contributed by atoms with van der Waals surface area (Å²) < 4.78 is 33.8. The molecule has 6 nitrogen and oxygen atoms in total. The van der Waals surface area contributed by atoms with Crippen LogP contribution in [0.3, 0.4) is 0 Å². The highest BCUT2D eigenvalue weighted by atomic mass is 35.5. The second-order valence-electron chi connectivity index (χ2n) is 7.52. The molecule has 0 atom stereocenters. The number of nitrogens with zero attached hydrogens (tertiary/aromatic N) is 2. The maximum Gasteiger partial charge on any atom is 0.315 e. The van der Waals surface area contributed by atoms with Crippen LogP contribution in [0.5, 0.6) is 5.75 Å². The summed E-state index contributed by atoms with van der Waals surface area (Å²) in [6.45, 7) is 1.05. The third-order valence-corrected chi connectivity index (χ3v) is 5.83. The molecule has 166 valence electrons. The van der Waals surface area contributed by atoms with E-state index in [4.69, 9.17) is 22.1 Å². The average Bonchev–Trinajstić information content (AvgIpc) is 2.77. The largest absolute Gasteiger partial charge is 0.487 e. The molecule has 0 unspecified atom stereocenters. The summed E-state index contributed by atoms with van der Waals surface area (Å²) in [5.74, 6) is -1.31. The van der Waals surface area contributed by atoms with Crippen LogP contribution < -0.4 is 16.0 Å². The number of benzene rings is 2. The van der Waals surface area contributed by atoms with Crippen molar-refractivity contribution >= 4 is 17.6 Å². The Hall–Kier alpha value is -3.39. The lowest BCUT2D eigenvalue weighted by molar-refractivity contribution is 0.202. The fourth-order valence-electron chi connectivity index (χ4n) is 3.77. The normalized spacial score (nSPS) is 13.0. The predicted molar refractivity (Wildman–Crippen MR) is 116 cm³/mol. The lowest BCUT2D eigenvalue weighted by Crippen LogP contribution is -2.39. The van der Waals surface area contributed by atoms with Gasteiger partial charge >= 0.3 is 6.03 Å². The first kappa shape index (κ1) is 21.8. The number of ether oxygens (including phenoxy) is 1. The van der Waals surface area contributed by atoms with Gasteiger partial charge in [0.05, 0.1) is 6.54 Å². The highest BCUT2D eigenvalue weighted by Crippen LogP contribution is 2.25. The van der Waals surface area contributed by atoms with Crippen molar-refractivity contribution in [3.63, 3.8) is 0 Å². The van der Waals surface area contributed by atoms with Crippen LogP contribution in [-0.2, 0) is 26.1 Å². The Morgan fingerprint density at radius 2 is 1.97 bits per heavy atom. The van der Waals surface area contributed by atoms with E-state index < -0.39 is 23.2 Å². The van der Waals surface area contributed by atoms with E-state index in [-0.39, 0.29) is 22.9 Å². The van der Waals surface area contributed by atoms with Crippen molar-refractivity contribution in [1.82, 2.24) is 9.47 Å². The Kier molecular flexibility index (Phi) is 6.14. The van der Waals surface area contributed by atoms with Gasteiger partial charge < -0.3 is 19.9 Å². The molecule has 0 fully saturated rings. The Morgan fingerprint density at radius 3 is 2.72 bits per heavy atom. The molecule has 2 aromatic carbocycles. The first-order valence-corrected chi connectivity index (χ1v) is 10.3. The van der Waals surface area contributed by atoms with E-state index in [1.807, 2.05) is 18.2 Å². The molecule has 2 heterocycles. The van der Waals surface area contributed by atoms with Crippen LogP contribution in [0.1, 0.15) is 22.3 Å². The number of carbonyl (C=O) groups is 1. The molecular formula is C23H20ClF2N3O3. The van der Waals surface area contributed by atoms with Crippen LogP contribution in [0.2, 0.25) is 5.02 Å². The van der Waals surface area contributed by atoms with E-state index >= 15 is 0 Å². The number of pyridine rings is 1. The minimum atomic E-state index is -0.738. The zero-order valence-electron chi connectivity index (χ0n) is 17.0. The number of fused-ring (bicyclic) bond motifs is 1. The van der Waals surface area contributed by atoms with E-state index in [0.717, 1.165) is 28.8 Å². The number of primary amides is 1. The zero-order chi connectivity index (χ0) is 22.8. The van der Waals surface area contributed by atoms with Crippen molar-refractivity contribution in [2.75, 3.05) is 6.54 Å². The number of nitrogens with two attached hydrogens (primary N) is 1. The summed E-state index contributed by atoms with van der Waals surface area (Å²) in [4.78, 5) is 25.8. The number of hydrogen-bond donors (Lipinski definition) is 1. The molecule has 0 saturated heterocycles. The van der Waals surface area contributed by atoms with E-state index in [1.54, 1.807) is 11.1 Å². The van der Waals surface area contributed by atoms with Crippen molar-refractivity contribution in [2.45, 2.75) is 26.1 Å². The first-order valence-electron chi connectivity index (χ1n) is 9.93. The second kappa shape index (κ2) is 9.00. The van der Waals surface area contributed by atoms with E-state index in [0.29, 0.717) is 26.1 Å². The van der Waals surface area contributed by atoms with Crippen molar-refractivity contribution < 1.29 is 18.3 Å². The predicted octanol–water partition coefficient (Wildman–Crippen LogP) is 3.84. The van der Waals surface area contributed by atoms with Crippen LogP contribution in [-0.4, -0.2) is 22.0 Å². The van der Waals surface area contributed by atoms with Gasteiger partial charge in [-0.15, -0.1) is 0 Å². The minimum Gasteiger partial charge on any atom is -0.487 e. The van der Waals surface area contributed by atoms with Crippen molar-refractivity contribution in [3.05, 3.63) is 97.9 Å². The Labute approximate surface area is 187 Å². The van der Waals surface area contributed by atoms with Gasteiger partial charge in [0, 0.05) is 30.9 Å². The monoisotopic (exact) mass is 459 g/mol. The van der Waals surface area contributed by atoms with E-state index in [2.05, 4.69) is 0 Å². The third kappa shape index (κ3) is 4.45. The van der Waals surface area contributed by atoms with Gasteiger partial charge in [0.15, 0.2) is 0 Å². The summed E-state index contributed by atoms with van der Waals surface area (Å²) >= 11 is 6.22. The molecule has 32 heavy (non-hydrogen) atoms. The summed E-state index contributed by atoms with van der Waals surface area (Å²) in [6, 6.07) is 10.00. The smallest absolute Gasteiger partial charge is 0.315 e. The standard InChI is InChI=1S/C23H20ClF2N3O3/c24-21-20(32-13-16-4-5-17(25)10-19(16)26)7-9-28(22(21)30)11-14-2-1-3-15-12-29(23(27)31)8-6-18(14)15/h1-5,7,9-10H,6,8,11-13H2,(H2,27,31). The molecule has 1 aliphatic rings. The number of aromatic nitrogens is 1. The fraction of sp³-hybridized carbons (Fsp3) is 0.217. The number of rotatable bonds is 5.